The smallest absolute Gasteiger partial charge is 0.159 e. The van der Waals surface area contributed by atoms with Crippen LogP contribution in [0.25, 0.3) is 16.7 Å². The summed E-state index contributed by atoms with van der Waals surface area (Å²) >= 11 is 0. The molecular weight excluding hydrogens is 440 g/mol. The topological polar surface area (TPSA) is 68.5 Å². The van der Waals surface area contributed by atoms with E-state index in [1.807, 2.05) is 17.8 Å². The molecule has 2 unspecified atom stereocenters. The van der Waals surface area contributed by atoms with Gasteiger partial charge in [-0.3, -0.25) is 4.90 Å². The molecule has 8 heteroatoms. The lowest BCUT2D eigenvalue weighted by Crippen LogP contribution is -2.37. The fraction of sp³-hybridized carbons (Fsp3) is 0.593. The SMILES string of the molecule is Cc1nc(N2C[C@H]3C[C@@H]2CO3)cc(-n2ncc3cc(C)c(C4C5CN([C@H]6CCOC6)CC54)cc32)n1. The fourth-order valence-corrected chi connectivity index (χ4v) is 7.35. The van der Waals surface area contributed by atoms with E-state index in [-0.39, 0.29) is 0 Å². The number of ether oxygens (including phenoxy) is 2. The van der Waals surface area contributed by atoms with Crippen LogP contribution in [0.4, 0.5) is 5.82 Å². The molecule has 0 radical (unpaired) electrons. The molecule has 8 nitrogen and oxygen atoms in total. The Bertz CT molecular complexity index is 1300. The lowest BCUT2D eigenvalue weighted by Gasteiger charge is -2.28. The summed E-state index contributed by atoms with van der Waals surface area (Å²) in [5, 5.41) is 5.96. The highest BCUT2D eigenvalue weighted by molar-refractivity contribution is 5.82. The molecule has 6 heterocycles. The van der Waals surface area contributed by atoms with E-state index >= 15 is 0 Å². The third-order valence-corrected chi connectivity index (χ3v) is 9.18. The highest BCUT2D eigenvalue weighted by Gasteiger charge is 2.57. The Morgan fingerprint density at radius 1 is 0.943 bits per heavy atom. The van der Waals surface area contributed by atoms with E-state index in [9.17, 15) is 0 Å². The molecule has 3 aromatic rings. The Labute approximate surface area is 205 Å². The predicted octanol–water partition coefficient (Wildman–Crippen LogP) is 2.84. The van der Waals surface area contributed by atoms with Gasteiger partial charge in [0.25, 0.3) is 0 Å². The Balaban J connectivity index is 1.11. The van der Waals surface area contributed by atoms with Crippen molar-refractivity contribution >= 4 is 16.7 Å². The molecule has 5 atom stereocenters. The molecule has 4 saturated heterocycles. The van der Waals surface area contributed by atoms with E-state index in [2.05, 4.69) is 34.9 Å². The van der Waals surface area contributed by atoms with Crippen LogP contribution >= 0.6 is 0 Å². The van der Waals surface area contributed by atoms with E-state index < -0.39 is 0 Å². The molecule has 0 spiro atoms. The monoisotopic (exact) mass is 472 g/mol. The molecule has 1 saturated carbocycles. The van der Waals surface area contributed by atoms with Gasteiger partial charge in [0.2, 0.25) is 0 Å². The second-order valence-electron chi connectivity index (χ2n) is 11.3. The number of aromatic nitrogens is 4. The molecule has 5 fully saturated rings. The highest BCUT2D eigenvalue weighted by atomic mass is 16.5. The Morgan fingerprint density at radius 2 is 1.80 bits per heavy atom. The minimum Gasteiger partial charge on any atom is -0.380 e. The number of nitrogens with zero attached hydrogens (tertiary/aromatic N) is 6. The van der Waals surface area contributed by atoms with Crippen LogP contribution in [0.5, 0.6) is 0 Å². The number of rotatable bonds is 4. The van der Waals surface area contributed by atoms with E-state index in [1.54, 1.807) is 0 Å². The minimum absolute atomic E-state index is 0.338. The Hall–Kier alpha value is -2.55. The summed E-state index contributed by atoms with van der Waals surface area (Å²) in [6.07, 6.45) is 4.61. The van der Waals surface area contributed by atoms with E-state index in [4.69, 9.17) is 24.5 Å². The maximum Gasteiger partial charge on any atom is 0.159 e. The molecule has 35 heavy (non-hydrogen) atoms. The highest BCUT2D eigenvalue weighted by Crippen LogP contribution is 2.59. The van der Waals surface area contributed by atoms with Crippen LogP contribution in [0.15, 0.2) is 24.4 Å². The molecule has 2 bridgehead atoms. The lowest BCUT2D eigenvalue weighted by molar-refractivity contribution is 0.0988. The largest absolute Gasteiger partial charge is 0.380 e. The summed E-state index contributed by atoms with van der Waals surface area (Å²) in [6.45, 7) is 10.2. The molecule has 0 N–H and O–H groups in total. The van der Waals surface area contributed by atoms with E-state index in [1.165, 1.54) is 36.0 Å². The number of hydrogen-bond acceptors (Lipinski definition) is 7. The normalized spacial score (nSPS) is 33.8. The van der Waals surface area contributed by atoms with Gasteiger partial charge in [-0.15, -0.1) is 0 Å². The first kappa shape index (κ1) is 20.6. The molecule has 1 aliphatic carbocycles. The zero-order chi connectivity index (χ0) is 23.3. The van der Waals surface area contributed by atoms with Crippen molar-refractivity contribution in [2.24, 2.45) is 11.8 Å². The van der Waals surface area contributed by atoms with Crippen LogP contribution in [0.1, 0.15) is 35.7 Å². The third-order valence-electron chi connectivity index (χ3n) is 9.18. The van der Waals surface area contributed by atoms with Crippen LogP contribution in [-0.4, -0.2) is 82.3 Å². The maximum atomic E-state index is 5.80. The quantitative estimate of drug-likeness (QED) is 0.578. The van der Waals surface area contributed by atoms with E-state index in [0.717, 1.165) is 67.6 Å². The van der Waals surface area contributed by atoms with Crippen molar-refractivity contribution in [2.45, 2.75) is 50.8 Å². The molecular formula is C27H32N6O2. The zero-order valence-electron chi connectivity index (χ0n) is 20.4. The van der Waals surface area contributed by atoms with Crippen molar-refractivity contribution in [1.29, 1.82) is 0 Å². The molecule has 0 amide bonds. The Kier molecular flexibility index (Phi) is 4.41. The summed E-state index contributed by atoms with van der Waals surface area (Å²) in [4.78, 5) is 14.6. The van der Waals surface area contributed by atoms with Gasteiger partial charge in [-0.05, 0) is 67.7 Å². The summed E-state index contributed by atoms with van der Waals surface area (Å²) in [7, 11) is 0. The molecule has 182 valence electrons. The van der Waals surface area contributed by atoms with Gasteiger partial charge in [-0.1, -0.05) is 0 Å². The van der Waals surface area contributed by atoms with Crippen molar-refractivity contribution in [3.63, 3.8) is 0 Å². The lowest BCUT2D eigenvalue weighted by atomic mass is 9.99. The van der Waals surface area contributed by atoms with Crippen molar-refractivity contribution < 1.29 is 9.47 Å². The first-order valence-corrected chi connectivity index (χ1v) is 13.2. The maximum absolute atomic E-state index is 5.80. The standard InChI is InChI=1S/C27H32N6O2/c1-15-5-17-9-28-33(26-8-25(29-16(2)30-26)32-10-20-6-19(32)14-35-20)24(17)7-21(15)27-22-11-31(12-23(22)27)18-3-4-34-13-18/h5,7-9,18-20,22-23,27H,3-4,6,10-14H2,1-2H3/t18-,19+,20+,22?,23?,27?/m0/s1. The third kappa shape index (κ3) is 3.19. The molecule has 4 aliphatic heterocycles. The first-order chi connectivity index (χ1) is 17.1. The zero-order valence-corrected chi connectivity index (χ0v) is 20.4. The van der Waals surface area contributed by atoms with Crippen molar-refractivity contribution in [3.8, 4) is 5.82 Å². The number of likely N-dealkylation sites (tertiary alicyclic amines) is 1. The molecule has 8 rings (SSSR count). The molecule has 1 aromatic carbocycles. The van der Waals surface area contributed by atoms with Gasteiger partial charge >= 0.3 is 0 Å². The number of benzene rings is 1. The van der Waals surface area contributed by atoms with Crippen LogP contribution in [0, 0.1) is 25.7 Å². The minimum atomic E-state index is 0.338. The van der Waals surface area contributed by atoms with Crippen LogP contribution < -0.4 is 4.90 Å². The summed E-state index contributed by atoms with van der Waals surface area (Å²) < 4.78 is 13.5. The van der Waals surface area contributed by atoms with Crippen LogP contribution in [0.3, 0.4) is 0 Å². The Morgan fingerprint density at radius 3 is 2.54 bits per heavy atom. The van der Waals surface area contributed by atoms with Crippen molar-refractivity contribution in [3.05, 3.63) is 41.3 Å². The van der Waals surface area contributed by atoms with Crippen molar-refractivity contribution in [1.82, 2.24) is 24.6 Å². The second-order valence-corrected chi connectivity index (χ2v) is 11.3. The van der Waals surface area contributed by atoms with Gasteiger partial charge in [0.1, 0.15) is 11.6 Å². The molecule has 5 aliphatic rings. The summed E-state index contributed by atoms with van der Waals surface area (Å²) in [5.41, 5.74) is 4.03. The average molecular weight is 473 g/mol. The number of piperidine rings is 1. The summed E-state index contributed by atoms with van der Waals surface area (Å²) in [5.74, 6) is 4.86. The van der Waals surface area contributed by atoms with Gasteiger partial charge < -0.3 is 14.4 Å². The van der Waals surface area contributed by atoms with Gasteiger partial charge in [-0.25, -0.2) is 14.6 Å². The fourth-order valence-electron chi connectivity index (χ4n) is 7.35. The van der Waals surface area contributed by atoms with E-state index in [0.29, 0.717) is 24.1 Å². The van der Waals surface area contributed by atoms with Crippen LogP contribution in [-0.2, 0) is 9.47 Å². The average Bonchev–Trinajstić information content (AvgIpc) is 3.55. The molecule has 2 aromatic heterocycles. The first-order valence-electron chi connectivity index (χ1n) is 13.2. The van der Waals surface area contributed by atoms with Crippen LogP contribution in [0.2, 0.25) is 0 Å². The van der Waals surface area contributed by atoms with Gasteiger partial charge in [-0.2, -0.15) is 5.10 Å². The van der Waals surface area contributed by atoms with Crippen molar-refractivity contribution in [2.75, 3.05) is 44.4 Å². The van der Waals surface area contributed by atoms with Gasteiger partial charge in [0.05, 0.1) is 37.1 Å². The number of anilines is 1. The number of fused-ring (bicyclic) bond motifs is 4. The number of hydrogen-bond donors (Lipinski definition) is 0. The van der Waals surface area contributed by atoms with Gasteiger partial charge in [0.15, 0.2) is 5.82 Å². The second kappa shape index (κ2) is 7.48. The number of morpholine rings is 1. The number of aryl methyl sites for hydroxylation is 2. The summed E-state index contributed by atoms with van der Waals surface area (Å²) in [6, 6.07) is 7.88. The van der Waals surface area contributed by atoms with Gasteiger partial charge in [0, 0.05) is 43.7 Å². The predicted molar refractivity (Wildman–Crippen MR) is 132 cm³/mol.